The molecule has 1 aliphatic heterocycles. The number of fused-ring (bicyclic) bond motifs is 1. The van der Waals surface area contributed by atoms with Gasteiger partial charge in [-0.2, -0.15) is 0 Å². The number of likely N-dealkylation sites (tertiary alicyclic amines) is 1. The molecule has 0 aliphatic carbocycles. The molecule has 124 valence electrons. The summed E-state index contributed by atoms with van der Waals surface area (Å²) in [7, 11) is 0. The van der Waals surface area contributed by atoms with Gasteiger partial charge in [0, 0.05) is 35.6 Å². The van der Waals surface area contributed by atoms with E-state index in [1.54, 1.807) is 4.52 Å². The summed E-state index contributed by atoms with van der Waals surface area (Å²) in [5.41, 5.74) is 3.02. The van der Waals surface area contributed by atoms with E-state index >= 15 is 0 Å². The number of rotatable bonds is 3. The fourth-order valence-corrected chi connectivity index (χ4v) is 3.66. The van der Waals surface area contributed by atoms with E-state index in [2.05, 4.69) is 23.9 Å². The minimum absolute atomic E-state index is 0.156. The molecule has 0 bridgehead atoms. The zero-order chi connectivity index (χ0) is 16.7. The maximum absolute atomic E-state index is 12.8. The summed E-state index contributed by atoms with van der Waals surface area (Å²) in [5.74, 6) is 0.633. The molecule has 6 nitrogen and oxygen atoms in total. The van der Waals surface area contributed by atoms with Crippen LogP contribution in [-0.2, 0) is 11.2 Å². The first-order valence-electron chi connectivity index (χ1n) is 8.26. The number of carbonyl (C=O) groups is 1. The molecule has 2 aromatic heterocycles. The van der Waals surface area contributed by atoms with Crippen LogP contribution in [0.4, 0.5) is 0 Å². The quantitative estimate of drug-likeness (QED) is 0.939. The van der Waals surface area contributed by atoms with E-state index in [1.807, 2.05) is 18.7 Å². The Balaban J connectivity index is 1.92. The van der Waals surface area contributed by atoms with E-state index in [9.17, 15) is 9.59 Å². The smallest absolute Gasteiger partial charge is 0.266 e. The molecule has 0 radical (unpaired) electrons. The zero-order valence-electron chi connectivity index (χ0n) is 14.2. The fourth-order valence-electron chi connectivity index (χ4n) is 3.66. The Labute approximate surface area is 135 Å². The minimum Gasteiger partial charge on any atom is -0.339 e. The summed E-state index contributed by atoms with van der Waals surface area (Å²) in [6.45, 7) is 9.01. The van der Waals surface area contributed by atoms with Crippen molar-refractivity contribution >= 4 is 11.6 Å². The molecule has 2 aromatic rings. The summed E-state index contributed by atoms with van der Waals surface area (Å²) in [6, 6.07) is 1.81. The van der Waals surface area contributed by atoms with E-state index in [1.165, 1.54) is 6.07 Å². The Hall–Kier alpha value is -2.11. The maximum atomic E-state index is 12.8. The van der Waals surface area contributed by atoms with Crippen molar-refractivity contribution in [3.05, 3.63) is 33.4 Å². The molecule has 6 heteroatoms. The topological polar surface area (TPSA) is 70.5 Å². The Morgan fingerprint density at radius 3 is 2.87 bits per heavy atom. The first kappa shape index (κ1) is 15.8. The highest BCUT2D eigenvalue weighted by atomic mass is 16.2. The molecular weight excluding hydrogens is 292 g/mol. The number of aromatic amines is 1. The van der Waals surface area contributed by atoms with Gasteiger partial charge in [0.2, 0.25) is 5.91 Å². The van der Waals surface area contributed by atoms with Gasteiger partial charge in [0.1, 0.15) is 0 Å². The van der Waals surface area contributed by atoms with Crippen LogP contribution in [0.2, 0.25) is 0 Å². The van der Waals surface area contributed by atoms with Gasteiger partial charge >= 0.3 is 0 Å². The van der Waals surface area contributed by atoms with Crippen molar-refractivity contribution in [1.82, 2.24) is 19.5 Å². The maximum Gasteiger partial charge on any atom is 0.266 e. The lowest BCUT2D eigenvalue weighted by atomic mass is 10.0. The molecule has 23 heavy (non-hydrogen) atoms. The number of nitrogens with zero attached hydrogens (tertiary/aromatic N) is 3. The van der Waals surface area contributed by atoms with Crippen LogP contribution in [0, 0.1) is 19.8 Å². The van der Waals surface area contributed by atoms with Gasteiger partial charge in [0.25, 0.3) is 5.56 Å². The van der Waals surface area contributed by atoms with E-state index in [0.29, 0.717) is 24.0 Å². The molecule has 1 aliphatic rings. The van der Waals surface area contributed by atoms with Crippen molar-refractivity contribution in [2.24, 2.45) is 5.92 Å². The first-order chi connectivity index (χ1) is 10.9. The van der Waals surface area contributed by atoms with Gasteiger partial charge in [-0.05, 0) is 32.6 Å². The Morgan fingerprint density at radius 2 is 2.17 bits per heavy atom. The second-order valence-electron chi connectivity index (χ2n) is 6.79. The second kappa shape index (κ2) is 5.83. The zero-order valence-corrected chi connectivity index (χ0v) is 14.2. The highest BCUT2D eigenvalue weighted by Crippen LogP contribution is 2.25. The van der Waals surface area contributed by atoms with Gasteiger partial charge in [-0.1, -0.05) is 13.8 Å². The number of aryl methyl sites for hydroxylation is 2. The van der Waals surface area contributed by atoms with Gasteiger partial charge in [0.15, 0.2) is 5.65 Å². The monoisotopic (exact) mass is 316 g/mol. The van der Waals surface area contributed by atoms with Gasteiger partial charge in [-0.25, -0.2) is 9.50 Å². The number of nitrogens with one attached hydrogen (secondary N) is 1. The number of aromatic nitrogens is 3. The van der Waals surface area contributed by atoms with Crippen LogP contribution in [0.1, 0.15) is 43.6 Å². The SMILES string of the molecule is Cc1nc2cc(=O)[nH]n2c(C)c1CC(=O)N1CCC[C@@H]1C(C)C. The third-order valence-electron chi connectivity index (χ3n) is 4.92. The van der Waals surface area contributed by atoms with Gasteiger partial charge < -0.3 is 4.90 Å². The van der Waals surface area contributed by atoms with Crippen LogP contribution < -0.4 is 5.56 Å². The third kappa shape index (κ3) is 2.78. The lowest BCUT2D eigenvalue weighted by molar-refractivity contribution is -0.132. The molecule has 0 unspecified atom stereocenters. The van der Waals surface area contributed by atoms with Crippen molar-refractivity contribution in [3.8, 4) is 0 Å². The summed E-state index contributed by atoms with van der Waals surface area (Å²) in [4.78, 5) is 30.8. The summed E-state index contributed by atoms with van der Waals surface area (Å²) in [6.07, 6.45) is 2.50. The van der Waals surface area contributed by atoms with Gasteiger partial charge in [-0.15, -0.1) is 0 Å². The minimum atomic E-state index is -0.178. The highest BCUT2D eigenvalue weighted by molar-refractivity contribution is 5.80. The average Bonchev–Trinajstić information content (AvgIpc) is 3.09. The molecule has 3 heterocycles. The van der Waals surface area contributed by atoms with Crippen molar-refractivity contribution < 1.29 is 4.79 Å². The number of carbonyl (C=O) groups excluding carboxylic acids is 1. The van der Waals surface area contributed by atoms with Crippen molar-refractivity contribution in [2.75, 3.05) is 6.54 Å². The first-order valence-corrected chi connectivity index (χ1v) is 8.26. The predicted octanol–water partition coefficient (Wildman–Crippen LogP) is 1.83. The molecule has 0 aromatic carbocycles. The fraction of sp³-hybridized carbons (Fsp3) is 0.588. The molecule has 1 saturated heterocycles. The molecule has 1 atom stereocenters. The molecule has 0 spiro atoms. The van der Waals surface area contributed by atoms with E-state index in [-0.39, 0.29) is 11.5 Å². The van der Waals surface area contributed by atoms with Crippen molar-refractivity contribution in [3.63, 3.8) is 0 Å². The number of hydrogen-bond acceptors (Lipinski definition) is 3. The highest BCUT2D eigenvalue weighted by Gasteiger charge is 2.31. The number of hydrogen-bond donors (Lipinski definition) is 1. The lowest BCUT2D eigenvalue weighted by Crippen LogP contribution is -2.39. The Bertz CT molecular complexity index is 803. The molecule has 1 N–H and O–H groups in total. The van der Waals surface area contributed by atoms with Crippen LogP contribution in [0.3, 0.4) is 0 Å². The Kier molecular flexibility index (Phi) is 4.00. The van der Waals surface area contributed by atoms with Gasteiger partial charge in [0.05, 0.1) is 6.42 Å². The molecule has 3 rings (SSSR count). The third-order valence-corrected chi connectivity index (χ3v) is 4.92. The van der Waals surface area contributed by atoms with E-state index in [4.69, 9.17) is 0 Å². The molecular formula is C17H24N4O2. The second-order valence-corrected chi connectivity index (χ2v) is 6.79. The predicted molar refractivity (Wildman–Crippen MR) is 88.6 cm³/mol. The largest absolute Gasteiger partial charge is 0.339 e. The van der Waals surface area contributed by atoms with E-state index in [0.717, 1.165) is 36.3 Å². The van der Waals surface area contributed by atoms with Crippen LogP contribution >= 0.6 is 0 Å². The summed E-state index contributed by atoms with van der Waals surface area (Å²) in [5, 5.41) is 2.74. The molecule has 0 saturated carbocycles. The average molecular weight is 316 g/mol. The normalized spacial score (nSPS) is 18.3. The Morgan fingerprint density at radius 1 is 1.43 bits per heavy atom. The summed E-state index contributed by atoms with van der Waals surface area (Å²) >= 11 is 0. The molecule has 1 fully saturated rings. The van der Waals surface area contributed by atoms with Crippen LogP contribution in [0.5, 0.6) is 0 Å². The van der Waals surface area contributed by atoms with Gasteiger partial charge in [-0.3, -0.25) is 14.7 Å². The molecule has 1 amide bonds. The van der Waals surface area contributed by atoms with Crippen LogP contribution in [-0.4, -0.2) is 38.0 Å². The van der Waals surface area contributed by atoms with Crippen LogP contribution in [0.25, 0.3) is 5.65 Å². The van der Waals surface area contributed by atoms with Crippen LogP contribution in [0.15, 0.2) is 10.9 Å². The number of amides is 1. The summed E-state index contributed by atoms with van der Waals surface area (Å²) < 4.78 is 1.67. The van der Waals surface area contributed by atoms with Crippen molar-refractivity contribution in [2.45, 2.75) is 53.0 Å². The standard InChI is InChI=1S/C17H24N4O2/c1-10(2)14-6-5-7-20(14)17(23)8-13-11(3)18-15-9-16(22)19-21(15)12(13)4/h9-10,14H,5-8H2,1-4H3,(H,19,22)/t14-/m1/s1. The number of H-pyrrole nitrogens is 1. The van der Waals surface area contributed by atoms with Crippen molar-refractivity contribution in [1.29, 1.82) is 0 Å². The lowest BCUT2D eigenvalue weighted by Gasteiger charge is -2.28. The van der Waals surface area contributed by atoms with E-state index < -0.39 is 0 Å².